The number of aliphatic hydroxyl groups excluding tert-OH is 1. The second-order valence-electron chi connectivity index (χ2n) is 16.1. The molecule has 3 N–H and O–H groups in total. The second kappa shape index (κ2) is 14.9. The Bertz CT molecular complexity index is 1950. The van der Waals surface area contributed by atoms with Crippen molar-refractivity contribution in [3.63, 3.8) is 0 Å². The van der Waals surface area contributed by atoms with Gasteiger partial charge in [-0.25, -0.2) is 9.59 Å². The molecular formula is C42H49NO13. The zero-order valence-corrected chi connectivity index (χ0v) is 32.5. The molecule has 300 valence electrons. The lowest BCUT2D eigenvalue weighted by Gasteiger charge is -2.66. The lowest BCUT2D eigenvalue weighted by atomic mass is 9.45. The van der Waals surface area contributed by atoms with Gasteiger partial charge in [-0.1, -0.05) is 69.3 Å². The Morgan fingerprint density at radius 2 is 1.52 bits per heavy atom. The summed E-state index contributed by atoms with van der Waals surface area (Å²) in [6.07, 6.45) is -7.38. The third kappa shape index (κ3) is 6.71. The van der Waals surface area contributed by atoms with Crippen LogP contribution in [0.3, 0.4) is 0 Å². The molecule has 2 aromatic rings. The molecule has 6 rings (SSSR count). The Balaban J connectivity index is 1.55. The second-order valence-corrected chi connectivity index (χ2v) is 16.1. The Morgan fingerprint density at radius 3 is 2.07 bits per heavy atom. The fourth-order valence-corrected chi connectivity index (χ4v) is 9.61. The smallest absolute Gasteiger partial charge is 0.338 e. The van der Waals surface area contributed by atoms with Crippen LogP contribution >= 0.6 is 0 Å². The Kier molecular flexibility index (Phi) is 10.8. The summed E-state index contributed by atoms with van der Waals surface area (Å²) in [5.74, 6) is -5.90. The summed E-state index contributed by atoms with van der Waals surface area (Å²) in [6.45, 7) is 9.85. The van der Waals surface area contributed by atoms with E-state index in [1.165, 1.54) is 26.0 Å². The van der Waals surface area contributed by atoms with Crippen molar-refractivity contribution in [2.24, 2.45) is 16.7 Å². The number of fused-ring (bicyclic) bond motifs is 5. The van der Waals surface area contributed by atoms with Crippen LogP contribution in [-0.4, -0.2) is 94.1 Å². The number of hydrogen-bond acceptors (Lipinski definition) is 13. The van der Waals surface area contributed by atoms with Crippen molar-refractivity contribution >= 4 is 35.6 Å². The van der Waals surface area contributed by atoms with E-state index in [9.17, 15) is 34.2 Å². The highest BCUT2D eigenvalue weighted by molar-refractivity contribution is 5.95. The monoisotopic (exact) mass is 775 g/mol. The molecule has 2 bridgehead atoms. The summed E-state index contributed by atoms with van der Waals surface area (Å²) in [5, 5.41) is 27.6. The number of amides is 1. The molecule has 14 nitrogen and oxygen atoms in total. The quantitative estimate of drug-likeness (QED) is 0.190. The summed E-state index contributed by atoms with van der Waals surface area (Å²) in [7, 11) is 0. The number of carbonyl (C=O) groups is 6. The molecule has 0 spiro atoms. The molecule has 1 heterocycles. The molecule has 3 fully saturated rings. The van der Waals surface area contributed by atoms with Gasteiger partial charge < -0.3 is 39.2 Å². The topological polar surface area (TPSA) is 201 Å². The van der Waals surface area contributed by atoms with E-state index < -0.39 is 107 Å². The molecule has 4 aliphatic rings. The molecule has 2 saturated carbocycles. The van der Waals surface area contributed by atoms with E-state index in [2.05, 4.69) is 5.32 Å². The number of ketones is 1. The van der Waals surface area contributed by atoms with Gasteiger partial charge in [-0.3, -0.25) is 19.2 Å². The summed E-state index contributed by atoms with van der Waals surface area (Å²) < 4.78 is 30.3. The minimum absolute atomic E-state index is 0.120. The van der Waals surface area contributed by atoms with Crippen LogP contribution < -0.4 is 5.32 Å². The average molecular weight is 776 g/mol. The Labute approximate surface area is 324 Å². The number of nitrogens with one attached hydrogen (secondary N) is 1. The summed E-state index contributed by atoms with van der Waals surface area (Å²) in [6, 6.07) is 15.1. The van der Waals surface area contributed by atoms with E-state index in [4.69, 9.17) is 23.7 Å². The number of Topliss-reactive ketones (excluding diaryl/α,β-unsaturated/α-hetero) is 1. The van der Waals surface area contributed by atoms with Gasteiger partial charge in [0.25, 0.3) is 0 Å². The van der Waals surface area contributed by atoms with Crippen LogP contribution in [0.1, 0.15) is 89.7 Å². The first kappa shape index (κ1) is 40.7. The van der Waals surface area contributed by atoms with Gasteiger partial charge in [-0.2, -0.15) is 0 Å². The largest absolute Gasteiger partial charge is 0.456 e. The Hall–Kier alpha value is -4.92. The molecule has 10 atom stereocenters. The van der Waals surface area contributed by atoms with Gasteiger partial charge in [-0.05, 0) is 48.6 Å². The number of benzene rings is 2. The first-order chi connectivity index (χ1) is 26.3. The molecule has 2 aromatic carbocycles. The normalized spacial score (nSPS) is 32.7. The van der Waals surface area contributed by atoms with E-state index in [-0.39, 0.29) is 36.2 Å². The zero-order valence-electron chi connectivity index (χ0n) is 32.5. The SMILES string of the molecule is CC(=O)NC(c1ccccc1)C(O)C(=O)OC1CC2(O)C(OC(=O)c3ccccc3)C3C4(OC(C)=O)COC4CC[C@@]3(C)C(=O)C(OC(C)=O)C(=C1C)C2(C)C. The number of aliphatic hydroxyl groups is 2. The number of hydrogen-bond donors (Lipinski definition) is 3. The van der Waals surface area contributed by atoms with Gasteiger partial charge in [-0.15, -0.1) is 0 Å². The van der Waals surface area contributed by atoms with Gasteiger partial charge in [0.15, 0.2) is 23.6 Å². The maximum Gasteiger partial charge on any atom is 0.338 e. The van der Waals surface area contributed by atoms with Gasteiger partial charge >= 0.3 is 23.9 Å². The highest BCUT2D eigenvalue weighted by Gasteiger charge is 2.76. The van der Waals surface area contributed by atoms with Crippen LogP contribution in [0.5, 0.6) is 0 Å². The molecule has 1 amide bonds. The van der Waals surface area contributed by atoms with Crippen LogP contribution in [0, 0.1) is 16.7 Å². The lowest BCUT2D eigenvalue weighted by Crippen LogP contribution is -2.79. The van der Waals surface area contributed by atoms with Gasteiger partial charge in [0.1, 0.15) is 23.9 Å². The van der Waals surface area contributed by atoms with Gasteiger partial charge in [0, 0.05) is 38.0 Å². The van der Waals surface area contributed by atoms with Crippen molar-refractivity contribution in [3.8, 4) is 0 Å². The van der Waals surface area contributed by atoms with E-state index >= 15 is 4.79 Å². The molecule has 9 unspecified atom stereocenters. The number of esters is 4. The van der Waals surface area contributed by atoms with Crippen LogP contribution in [0.25, 0.3) is 0 Å². The van der Waals surface area contributed by atoms with E-state index in [0.717, 1.165) is 6.92 Å². The molecule has 0 aromatic heterocycles. The van der Waals surface area contributed by atoms with Crippen molar-refractivity contribution in [2.45, 2.75) is 115 Å². The van der Waals surface area contributed by atoms with Gasteiger partial charge in [0.2, 0.25) is 5.91 Å². The fourth-order valence-electron chi connectivity index (χ4n) is 9.61. The third-order valence-corrected chi connectivity index (χ3v) is 12.4. The Morgan fingerprint density at radius 1 is 0.893 bits per heavy atom. The minimum Gasteiger partial charge on any atom is -0.456 e. The maximum absolute atomic E-state index is 15.3. The lowest BCUT2D eigenvalue weighted by molar-refractivity contribution is -0.332. The van der Waals surface area contributed by atoms with Gasteiger partial charge in [0.05, 0.1) is 24.1 Å². The molecule has 1 saturated heterocycles. The van der Waals surface area contributed by atoms with Crippen molar-refractivity contribution in [2.75, 3.05) is 6.61 Å². The molecule has 14 heteroatoms. The van der Waals surface area contributed by atoms with Crippen molar-refractivity contribution in [1.82, 2.24) is 5.32 Å². The van der Waals surface area contributed by atoms with Crippen LogP contribution in [0.4, 0.5) is 0 Å². The first-order valence-electron chi connectivity index (χ1n) is 18.7. The van der Waals surface area contributed by atoms with Crippen molar-refractivity contribution in [3.05, 3.63) is 82.9 Å². The first-order valence-corrected chi connectivity index (χ1v) is 18.7. The number of ether oxygens (including phenoxy) is 5. The standard InChI is InChI=1S/C42H49NO13/c1-22-28(54-38(50)32(47)31(43-23(2)44)26-14-10-8-11-15-26)20-42(51)36(55-37(49)27-16-12-9-13-17-27)34-40(7,19-18-29-41(34,21-52-29)56-25(4)46)35(48)33(53-24(3)45)30(22)39(42,5)6/h8-17,28-29,31-34,36,47,51H,18-21H2,1-7H3,(H,43,44)/t28?,29?,31?,32?,33?,34?,36?,40-,41?,42?/m1/s1. The molecule has 0 radical (unpaired) electrons. The van der Waals surface area contributed by atoms with E-state index in [1.807, 2.05) is 0 Å². The summed E-state index contributed by atoms with van der Waals surface area (Å²) in [5.41, 5.74) is -5.98. The summed E-state index contributed by atoms with van der Waals surface area (Å²) in [4.78, 5) is 81.4. The highest BCUT2D eigenvalue weighted by Crippen LogP contribution is 2.64. The average Bonchev–Trinajstić information content (AvgIpc) is 3.13. The third-order valence-electron chi connectivity index (χ3n) is 12.4. The van der Waals surface area contributed by atoms with Crippen LogP contribution in [0.2, 0.25) is 0 Å². The summed E-state index contributed by atoms with van der Waals surface area (Å²) >= 11 is 0. The highest BCUT2D eigenvalue weighted by atomic mass is 16.6. The van der Waals surface area contributed by atoms with E-state index in [0.29, 0.717) is 5.56 Å². The van der Waals surface area contributed by atoms with E-state index in [1.54, 1.807) is 76.2 Å². The molecule has 56 heavy (non-hydrogen) atoms. The fraction of sp³-hybridized carbons (Fsp3) is 0.524. The predicted molar refractivity (Wildman–Crippen MR) is 196 cm³/mol. The molecule has 3 aliphatic carbocycles. The molecule has 1 aliphatic heterocycles. The number of rotatable bonds is 9. The predicted octanol–water partition coefficient (Wildman–Crippen LogP) is 3.47. The van der Waals surface area contributed by atoms with Crippen LogP contribution in [-0.2, 0) is 47.7 Å². The van der Waals surface area contributed by atoms with Crippen molar-refractivity contribution < 1.29 is 62.7 Å². The zero-order chi connectivity index (χ0) is 41.0. The maximum atomic E-state index is 15.3. The van der Waals surface area contributed by atoms with Crippen molar-refractivity contribution in [1.29, 1.82) is 0 Å². The minimum atomic E-state index is -2.24. The van der Waals surface area contributed by atoms with Crippen LogP contribution in [0.15, 0.2) is 71.8 Å². The molecular weight excluding hydrogens is 726 g/mol. The number of carbonyl (C=O) groups excluding carboxylic acids is 6.